The van der Waals surface area contributed by atoms with Crippen LogP contribution in [0.2, 0.25) is 0 Å². The van der Waals surface area contributed by atoms with E-state index in [4.69, 9.17) is 5.26 Å². The fourth-order valence-corrected chi connectivity index (χ4v) is 1.11. The number of carbonyl (C=O) groups excluding carboxylic acids is 1. The molecule has 0 saturated heterocycles. The van der Waals surface area contributed by atoms with E-state index in [0.29, 0.717) is 6.07 Å². The Balaban J connectivity index is 3.33. The second-order valence-electron chi connectivity index (χ2n) is 2.92. The van der Waals surface area contributed by atoms with Gasteiger partial charge >= 0.3 is 5.97 Å². The first kappa shape index (κ1) is 12.8. The molecule has 0 aliphatic carbocycles. The molecule has 1 rings (SSSR count). The maximum absolute atomic E-state index is 12.4. The predicted molar refractivity (Wildman–Crippen MR) is 51.5 cm³/mol. The maximum atomic E-state index is 12.4. The minimum Gasteiger partial charge on any atom is -0.504 e. The molecule has 0 aliphatic rings. The number of alkyl halides is 2. The summed E-state index contributed by atoms with van der Waals surface area (Å²) in [5.41, 5.74) is -1.89. The van der Waals surface area contributed by atoms with E-state index < -0.39 is 35.1 Å². The molecule has 7 heteroatoms. The third-order valence-electron chi connectivity index (χ3n) is 1.84. The summed E-state index contributed by atoms with van der Waals surface area (Å²) in [7, 11) is 0. The van der Waals surface area contributed by atoms with Gasteiger partial charge in [-0.1, -0.05) is 0 Å². The molecule has 1 N–H and O–H groups in total. The second kappa shape index (κ2) is 5.21. The highest BCUT2D eigenvalue weighted by Crippen LogP contribution is 2.26. The van der Waals surface area contributed by atoms with E-state index in [-0.39, 0.29) is 6.61 Å². The summed E-state index contributed by atoms with van der Waals surface area (Å²) in [5, 5.41) is 18.1. The first-order valence-electron chi connectivity index (χ1n) is 4.60. The molecule has 1 heterocycles. The van der Waals surface area contributed by atoms with Crippen LogP contribution in [0.15, 0.2) is 6.07 Å². The van der Waals surface area contributed by atoms with Crippen molar-refractivity contribution in [3.63, 3.8) is 0 Å². The Morgan fingerprint density at radius 1 is 1.71 bits per heavy atom. The van der Waals surface area contributed by atoms with Crippen molar-refractivity contribution in [2.75, 3.05) is 6.61 Å². The van der Waals surface area contributed by atoms with Crippen molar-refractivity contribution in [3.8, 4) is 11.8 Å². The van der Waals surface area contributed by atoms with E-state index in [2.05, 4.69) is 9.72 Å². The molecule has 0 amide bonds. The monoisotopic (exact) mass is 242 g/mol. The highest BCUT2D eigenvalue weighted by atomic mass is 19.3. The largest absolute Gasteiger partial charge is 0.504 e. The molecule has 1 aromatic heterocycles. The number of pyridine rings is 1. The molecule has 0 aliphatic heterocycles. The lowest BCUT2D eigenvalue weighted by Crippen LogP contribution is -2.08. The molecule has 1 aromatic rings. The summed E-state index contributed by atoms with van der Waals surface area (Å²) in [4.78, 5) is 14.6. The van der Waals surface area contributed by atoms with Crippen molar-refractivity contribution < 1.29 is 23.4 Å². The first-order chi connectivity index (χ1) is 8.01. The normalized spacial score (nSPS) is 10.1. The Morgan fingerprint density at radius 3 is 2.82 bits per heavy atom. The number of aromatic nitrogens is 1. The molecule has 0 atom stereocenters. The molecule has 0 radical (unpaired) electrons. The highest BCUT2D eigenvalue weighted by molar-refractivity contribution is 5.93. The van der Waals surface area contributed by atoms with E-state index in [0.717, 1.165) is 0 Å². The molecule has 0 spiro atoms. The standard InChI is InChI=1S/C10H8F2N2O3/c1-2-17-10(16)5-3-6(9(11)12)14-7(4-13)8(5)15/h3,9,15H,2H2,1H3. The number of hydrogen-bond acceptors (Lipinski definition) is 5. The average molecular weight is 242 g/mol. The molecule has 0 bridgehead atoms. The van der Waals surface area contributed by atoms with Gasteiger partial charge in [0.2, 0.25) is 0 Å². The number of esters is 1. The number of rotatable bonds is 3. The van der Waals surface area contributed by atoms with Crippen molar-refractivity contribution in [1.29, 1.82) is 5.26 Å². The quantitative estimate of drug-likeness (QED) is 0.816. The van der Waals surface area contributed by atoms with Crippen molar-refractivity contribution >= 4 is 5.97 Å². The van der Waals surface area contributed by atoms with Gasteiger partial charge in [-0.15, -0.1) is 0 Å². The van der Waals surface area contributed by atoms with E-state index >= 15 is 0 Å². The maximum Gasteiger partial charge on any atom is 0.342 e. The van der Waals surface area contributed by atoms with Gasteiger partial charge in [0.25, 0.3) is 6.43 Å². The van der Waals surface area contributed by atoms with Gasteiger partial charge in [0.05, 0.1) is 6.61 Å². The number of aromatic hydroxyl groups is 1. The van der Waals surface area contributed by atoms with Gasteiger partial charge in [0.15, 0.2) is 11.4 Å². The van der Waals surface area contributed by atoms with E-state index in [1.807, 2.05) is 0 Å². The summed E-state index contributed by atoms with van der Waals surface area (Å²) < 4.78 is 29.4. The third kappa shape index (κ3) is 2.66. The summed E-state index contributed by atoms with van der Waals surface area (Å²) in [6.07, 6.45) is -2.95. The van der Waals surface area contributed by atoms with Gasteiger partial charge in [0.1, 0.15) is 17.3 Å². The molecular weight excluding hydrogens is 234 g/mol. The SMILES string of the molecule is CCOC(=O)c1cc(C(F)F)nc(C#N)c1O. The van der Waals surface area contributed by atoms with Crippen LogP contribution in [0.1, 0.15) is 35.1 Å². The number of carbonyl (C=O) groups is 1. The predicted octanol–water partition coefficient (Wildman–Crippen LogP) is 1.77. The lowest BCUT2D eigenvalue weighted by atomic mass is 10.1. The molecule has 0 fully saturated rings. The van der Waals surface area contributed by atoms with Crippen molar-refractivity contribution in [1.82, 2.24) is 4.98 Å². The number of nitrogens with zero attached hydrogens (tertiary/aromatic N) is 2. The number of nitriles is 1. The smallest absolute Gasteiger partial charge is 0.342 e. The molecular formula is C10H8F2N2O3. The Morgan fingerprint density at radius 2 is 2.35 bits per heavy atom. The molecule has 0 unspecified atom stereocenters. The summed E-state index contributed by atoms with van der Waals surface area (Å²) >= 11 is 0. The molecule has 0 aromatic carbocycles. The minimum atomic E-state index is -2.95. The minimum absolute atomic E-state index is 0.0203. The van der Waals surface area contributed by atoms with Crippen LogP contribution in [0.5, 0.6) is 5.75 Å². The van der Waals surface area contributed by atoms with Crippen LogP contribution in [0.25, 0.3) is 0 Å². The van der Waals surface area contributed by atoms with Gasteiger partial charge < -0.3 is 9.84 Å². The Labute approximate surface area is 95.3 Å². The molecule has 90 valence electrons. The van der Waals surface area contributed by atoms with Gasteiger partial charge in [-0.3, -0.25) is 0 Å². The van der Waals surface area contributed by atoms with Gasteiger partial charge in [-0.05, 0) is 13.0 Å². The van der Waals surface area contributed by atoms with Gasteiger partial charge in [0, 0.05) is 0 Å². The zero-order valence-electron chi connectivity index (χ0n) is 8.78. The highest BCUT2D eigenvalue weighted by Gasteiger charge is 2.21. The Hall–Kier alpha value is -2.23. The first-order valence-corrected chi connectivity index (χ1v) is 4.60. The van der Waals surface area contributed by atoms with Gasteiger partial charge in [-0.2, -0.15) is 5.26 Å². The number of hydrogen-bond donors (Lipinski definition) is 1. The molecule has 17 heavy (non-hydrogen) atoms. The van der Waals surface area contributed by atoms with Crippen LogP contribution in [0, 0.1) is 11.3 Å². The van der Waals surface area contributed by atoms with E-state index in [1.54, 1.807) is 0 Å². The van der Waals surface area contributed by atoms with E-state index in [9.17, 15) is 18.7 Å². The lowest BCUT2D eigenvalue weighted by Gasteiger charge is -2.07. The topological polar surface area (TPSA) is 83.2 Å². The lowest BCUT2D eigenvalue weighted by molar-refractivity contribution is 0.0522. The summed E-state index contributed by atoms with van der Waals surface area (Å²) in [5.74, 6) is -1.74. The third-order valence-corrected chi connectivity index (χ3v) is 1.84. The van der Waals surface area contributed by atoms with Crippen LogP contribution in [-0.4, -0.2) is 22.7 Å². The Kier molecular flexibility index (Phi) is 3.93. The van der Waals surface area contributed by atoms with Crippen LogP contribution < -0.4 is 0 Å². The molecule has 5 nitrogen and oxygen atoms in total. The van der Waals surface area contributed by atoms with E-state index in [1.165, 1.54) is 13.0 Å². The Bertz CT molecular complexity index is 483. The molecule has 0 saturated carbocycles. The van der Waals surface area contributed by atoms with Crippen molar-refractivity contribution in [2.45, 2.75) is 13.3 Å². The summed E-state index contributed by atoms with van der Waals surface area (Å²) in [6, 6.07) is 2.13. The zero-order valence-corrected chi connectivity index (χ0v) is 8.78. The summed E-state index contributed by atoms with van der Waals surface area (Å²) in [6.45, 7) is 1.54. The number of halogens is 2. The average Bonchev–Trinajstić information content (AvgIpc) is 2.29. The van der Waals surface area contributed by atoms with Crippen LogP contribution >= 0.6 is 0 Å². The van der Waals surface area contributed by atoms with Crippen LogP contribution in [0.4, 0.5) is 8.78 Å². The fraction of sp³-hybridized carbons (Fsp3) is 0.300. The zero-order chi connectivity index (χ0) is 13.0. The van der Waals surface area contributed by atoms with Crippen LogP contribution in [0.3, 0.4) is 0 Å². The van der Waals surface area contributed by atoms with Crippen molar-refractivity contribution in [3.05, 3.63) is 23.0 Å². The fourth-order valence-electron chi connectivity index (χ4n) is 1.11. The van der Waals surface area contributed by atoms with Crippen LogP contribution in [-0.2, 0) is 4.74 Å². The van der Waals surface area contributed by atoms with Gasteiger partial charge in [-0.25, -0.2) is 18.6 Å². The number of ether oxygens (including phenoxy) is 1. The second-order valence-corrected chi connectivity index (χ2v) is 2.92. The van der Waals surface area contributed by atoms with Crippen molar-refractivity contribution in [2.24, 2.45) is 0 Å².